The van der Waals surface area contributed by atoms with Crippen LogP contribution in [-0.2, 0) is 26.2 Å². The first-order valence-electron chi connectivity index (χ1n) is 9.47. The van der Waals surface area contributed by atoms with Crippen LogP contribution in [0.25, 0.3) is 0 Å². The van der Waals surface area contributed by atoms with Crippen LogP contribution < -0.4 is 10.6 Å². The van der Waals surface area contributed by atoms with E-state index in [1.54, 1.807) is 13.0 Å². The highest BCUT2D eigenvalue weighted by atomic mass is 32.2. The van der Waals surface area contributed by atoms with E-state index in [0.717, 1.165) is 15.4 Å². The van der Waals surface area contributed by atoms with Crippen LogP contribution in [-0.4, -0.2) is 45.4 Å². The molecule has 0 atom stereocenters. The number of rotatable bonds is 9. The van der Waals surface area contributed by atoms with Crippen LogP contribution in [0.4, 0.5) is 10.5 Å². The van der Waals surface area contributed by atoms with E-state index in [-0.39, 0.29) is 30.4 Å². The van der Waals surface area contributed by atoms with Crippen LogP contribution >= 0.6 is 0 Å². The Kier molecular flexibility index (Phi) is 8.37. The van der Waals surface area contributed by atoms with Crippen LogP contribution in [0.1, 0.15) is 24.0 Å². The summed E-state index contributed by atoms with van der Waals surface area (Å²) >= 11 is 0. The lowest BCUT2D eigenvalue weighted by molar-refractivity contribution is -0.116. The number of amides is 2. The molecule has 2 N–H and O–H groups in total. The first-order chi connectivity index (χ1) is 14.2. The summed E-state index contributed by atoms with van der Waals surface area (Å²) in [5, 5.41) is 5.33. The molecule has 0 bridgehead atoms. The molecule has 2 aromatic carbocycles. The third-order valence-corrected chi connectivity index (χ3v) is 6.14. The van der Waals surface area contributed by atoms with E-state index in [4.69, 9.17) is 4.74 Å². The van der Waals surface area contributed by atoms with Gasteiger partial charge in [0.05, 0.1) is 4.90 Å². The Hall–Kier alpha value is -2.91. The molecule has 8 nitrogen and oxygen atoms in total. The number of sulfonamides is 1. The van der Waals surface area contributed by atoms with E-state index >= 15 is 0 Å². The van der Waals surface area contributed by atoms with E-state index < -0.39 is 16.1 Å². The van der Waals surface area contributed by atoms with Crippen LogP contribution in [0.2, 0.25) is 0 Å². The molecule has 0 aliphatic carbocycles. The molecule has 162 valence electrons. The van der Waals surface area contributed by atoms with Gasteiger partial charge in [-0.25, -0.2) is 17.5 Å². The average Bonchev–Trinajstić information content (AvgIpc) is 2.71. The molecule has 0 aliphatic heterocycles. The number of alkyl carbamates (subject to hydrolysis) is 1. The lowest BCUT2D eigenvalue weighted by atomic mass is 10.2. The van der Waals surface area contributed by atoms with Gasteiger partial charge in [-0.05, 0) is 36.6 Å². The first kappa shape index (κ1) is 23.4. The van der Waals surface area contributed by atoms with E-state index in [9.17, 15) is 18.0 Å². The van der Waals surface area contributed by atoms with Crippen LogP contribution in [0.5, 0.6) is 0 Å². The molecule has 0 aliphatic rings. The van der Waals surface area contributed by atoms with Gasteiger partial charge in [0.25, 0.3) is 0 Å². The fraction of sp³-hybridized carbons (Fsp3) is 0.333. The van der Waals surface area contributed by atoms with Gasteiger partial charge in [0.2, 0.25) is 15.9 Å². The Labute approximate surface area is 177 Å². The predicted molar refractivity (Wildman–Crippen MR) is 115 cm³/mol. The highest BCUT2D eigenvalue weighted by Crippen LogP contribution is 2.22. The molecule has 9 heteroatoms. The molecule has 2 rings (SSSR count). The minimum Gasteiger partial charge on any atom is -0.445 e. The minimum atomic E-state index is -3.59. The Morgan fingerprint density at radius 3 is 2.43 bits per heavy atom. The fourth-order valence-electron chi connectivity index (χ4n) is 2.53. The topological polar surface area (TPSA) is 105 Å². The van der Waals surface area contributed by atoms with E-state index in [2.05, 4.69) is 10.6 Å². The Morgan fingerprint density at radius 1 is 1.07 bits per heavy atom. The first-order valence-corrected chi connectivity index (χ1v) is 10.9. The smallest absolute Gasteiger partial charge is 0.407 e. The number of nitrogens with zero attached hydrogens (tertiary/aromatic N) is 1. The number of benzene rings is 2. The lowest BCUT2D eigenvalue weighted by Crippen LogP contribution is -2.26. The molecule has 0 spiro atoms. The van der Waals surface area contributed by atoms with Crippen molar-refractivity contribution in [1.29, 1.82) is 0 Å². The maximum absolute atomic E-state index is 12.3. The van der Waals surface area contributed by atoms with Crippen LogP contribution in [0, 0.1) is 6.92 Å². The molecular weight excluding hydrogens is 406 g/mol. The molecule has 0 unspecified atom stereocenters. The van der Waals surface area contributed by atoms with Crippen molar-refractivity contribution in [2.45, 2.75) is 31.3 Å². The molecule has 30 heavy (non-hydrogen) atoms. The van der Waals surface area contributed by atoms with Crippen molar-refractivity contribution in [1.82, 2.24) is 9.62 Å². The number of carbonyl (C=O) groups excluding carboxylic acids is 2. The van der Waals surface area contributed by atoms with Crippen LogP contribution in [0.3, 0.4) is 0 Å². The molecule has 2 amide bonds. The molecular formula is C21H27N3O5S. The minimum absolute atomic E-state index is 0.108. The third kappa shape index (κ3) is 6.85. The van der Waals surface area contributed by atoms with Crippen molar-refractivity contribution in [2.75, 3.05) is 26.0 Å². The summed E-state index contributed by atoms with van der Waals surface area (Å²) in [5.41, 5.74) is 2.09. The molecule has 0 heterocycles. The quantitative estimate of drug-likeness (QED) is 0.592. The number of aryl methyl sites for hydroxylation is 1. The second-order valence-corrected chi connectivity index (χ2v) is 9.06. The van der Waals surface area contributed by atoms with Gasteiger partial charge in [0.1, 0.15) is 6.61 Å². The summed E-state index contributed by atoms with van der Waals surface area (Å²) in [6.07, 6.45) is 0.0426. The van der Waals surface area contributed by atoms with Gasteiger partial charge < -0.3 is 15.4 Å². The van der Waals surface area contributed by atoms with Gasteiger partial charge in [-0.2, -0.15) is 0 Å². The molecule has 0 saturated carbocycles. The summed E-state index contributed by atoms with van der Waals surface area (Å²) < 4.78 is 30.7. The second-order valence-electron chi connectivity index (χ2n) is 6.90. The highest BCUT2D eigenvalue weighted by Gasteiger charge is 2.18. The number of nitrogens with one attached hydrogen (secondary N) is 2. The van der Waals surface area contributed by atoms with E-state index in [0.29, 0.717) is 12.1 Å². The van der Waals surface area contributed by atoms with Crippen molar-refractivity contribution in [3.8, 4) is 0 Å². The third-order valence-electron chi connectivity index (χ3n) is 4.32. The van der Waals surface area contributed by atoms with Gasteiger partial charge in [-0.3, -0.25) is 4.79 Å². The molecule has 0 saturated heterocycles. The van der Waals surface area contributed by atoms with Crippen LogP contribution in [0.15, 0.2) is 53.4 Å². The molecule has 0 radical (unpaired) electrons. The highest BCUT2D eigenvalue weighted by molar-refractivity contribution is 7.89. The molecule has 0 fully saturated rings. The normalized spacial score (nSPS) is 11.2. The van der Waals surface area contributed by atoms with Crippen molar-refractivity contribution in [2.24, 2.45) is 0 Å². The second kappa shape index (κ2) is 10.7. The predicted octanol–water partition coefficient (Wildman–Crippen LogP) is 2.89. The maximum atomic E-state index is 12.3. The number of ether oxygens (including phenoxy) is 1. The Bertz CT molecular complexity index is 975. The summed E-state index contributed by atoms with van der Waals surface area (Å²) in [7, 11) is -0.688. The van der Waals surface area contributed by atoms with Crippen molar-refractivity contribution in [3.63, 3.8) is 0 Å². The van der Waals surface area contributed by atoms with Gasteiger partial charge in [0, 0.05) is 32.7 Å². The average molecular weight is 434 g/mol. The van der Waals surface area contributed by atoms with Crippen molar-refractivity contribution in [3.05, 3.63) is 59.7 Å². The summed E-state index contributed by atoms with van der Waals surface area (Å²) in [5.74, 6) is -0.267. The molecule has 0 aromatic heterocycles. The maximum Gasteiger partial charge on any atom is 0.407 e. The zero-order chi connectivity index (χ0) is 22.1. The summed E-state index contributed by atoms with van der Waals surface area (Å²) in [6.45, 7) is 2.25. The SMILES string of the molecule is Cc1ccc(S(=O)(=O)N(C)C)cc1NC(=O)CCCNC(=O)OCc1ccccc1. The van der Waals surface area contributed by atoms with Gasteiger partial charge >= 0.3 is 6.09 Å². The van der Waals surface area contributed by atoms with Crippen molar-refractivity contribution >= 4 is 27.7 Å². The number of carbonyl (C=O) groups is 2. The van der Waals surface area contributed by atoms with Gasteiger partial charge in [-0.15, -0.1) is 0 Å². The zero-order valence-corrected chi connectivity index (χ0v) is 18.2. The standard InChI is InChI=1S/C21H27N3O5S/c1-16-11-12-18(30(27,28)24(2)3)14-19(16)23-20(25)10-7-13-22-21(26)29-15-17-8-5-4-6-9-17/h4-6,8-9,11-12,14H,7,10,13,15H2,1-3H3,(H,22,26)(H,23,25). The summed E-state index contributed by atoms with van der Waals surface area (Å²) in [6, 6.07) is 13.9. The molecule has 2 aromatic rings. The summed E-state index contributed by atoms with van der Waals surface area (Å²) in [4.78, 5) is 24.0. The lowest BCUT2D eigenvalue weighted by Gasteiger charge is -2.14. The largest absolute Gasteiger partial charge is 0.445 e. The van der Waals surface area contributed by atoms with E-state index in [1.165, 1.54) is 26.2 Å². The monoisotopic (exact) mass is 433 g/mol. The number of hydrogen-bond donors (Lipinski definition) is 2. The van der Waals surface area contributed by atoms with E-state index in [1.807, 2.05) is 30.3 Å². The Morgan fingerprint density at radius 2 is 1.77 bits per heavy atom. The Balaban J connectivity index is 1.77. The van der Waals surface area contributed by atoms with Crippen molar-refractivity contribution < 1.29 is 22.7 Å². The number of anilines is 1. The number of hydrogen-bond acceptors (Lipinski definition) is 5. The van der Waals surface area contributed by atoms with Gasteiger partial charge in [0.15, 0.2) is 0 Å². The van der Waals surface area contributed by atoms with Gasteiger partial charge in [-0.1, -0.05) is 36.4 Å². The fourth-order valence-corrected chi connectivity index (χ4v) is 3.46. The zero-order valence-electron chi connectivity index (χ0n) is 17.3.